The van der Waals surface area contributed by atoms with E-state index in [2.05, 4.69) is 5.43 Å². The first-order valence-corrected chi connectivity index (χ1v) is 14.7. The molecular formula is C31H39FN2O7S. The Morgan fingerprint density at radius 2 is 1.45 bits per heavy atom. The Labute approximate surface area is 250 Å². The smallest absolute Gasteiger partial charge is 0.203 e. The van der Waals surface area contributed by atoms with E-state index in [4.69, 9.17) is 28.4 Å². The molecule has 42 heavy (non-hydrogen) atoms. The van der Waals surface area contributed by atoms with E-state index < -0.39 is 0 Å². The number of ether oxygens (including phenoxy) is 6. The van der Waals surface area contributed by atoms with Crippen LogP contribution in [-0.2, 0) is 11.3 Å². The van der Waals surface area contributed by atoms with Gasteiger partial charge in [0.1, 0.15) is 5.82 Å². The zero-order valence-corrected chi connectivity index (χ0v) is 25.5. The number of methoxy groups -OCH3 is 4. The number of hydrazine groups is 1. The van der Waals surface area contributed by atoms with E-state index in [0.717, 1.165) is 51.8 Å². The third-order valence-electron chi connectivity index (χ3n) is 6.94. The van der Waals surface area contributed by atoms with Crippen molar-refractivity contribution < 1.29 is 38.0 Å². The Hall–Kier alpha value is -3.22. The summed E-state index contributed by atoms with van der Waals surface area (Å²) in [5, 5.41) is 10.6. The number of thioether (sulfide) groups is 1. The number of hydrogen-bond donors (Lipinski definition) is 2. The molecular weight excluding hydrogens is 563 g/mol. The molecule has 2 N–H and O–H groups in total. The normalized spacial score (nSPS) is 16.5. The summed E-state index contributed by atoms with van der Waals surface area (Å²) in [5.41, 5.74) is 5.64. The minimum atomic E-state index is -0.243. The molecule has 0 aliphatic carbocycles. The Morgan fingerprint density at radius 1 is 0.881 bits per heavy atom. The number of hydrogen-bond acceptors (Lipinski definition) is 10. The second-order valence-electron chi connectivity index (χ2n) is 9.72. The third kappa shape index (κ3) is 7.99. The van der Waals surface area contributed by atoms with E-state index in [1.54, 1.807) is 52.3 Å². The largest absolute Gasteiger partial charge is 0.493 e. The minimum absolute atomic E-state index is 0.158. The first-order chi connectivity index (χ1) is 20.4. The predicted octanol–water partition coefficient (Wildman–Crippen LogP) is 6.34. The van der Waals surface area contributed by atoms with Crippen molar-refractivity contribution in [1.82, 2.24) is 10.6 Å². The van der Waals surface area contributed by atoms with Crippen molar-refractivity contribution in [2.24, 2.45) is 0 Å². The van der Waals surface area contributed by atoms with Gasteiger partial charge in [-0.25, -0.2) is 9.82 Å². The van der Waals surface area contributed by atoms with Crippen LogP contribution in [0.3, 0.4) is 0 Å². The molecule has 0 saturated carbocycles. The first kappa shape index (κ1) is 31.7. The number of benzene rings is 3. The summed E-state index contributed by atoms with van der Waals surface area (Å²) in [4.78, 5) is 1.01. The quantitative estimate of drug-likeness (QED) is 0.117. The molecule has 0 spiro atoms. The van der Waals surface area contributed by atoms with Gasteiger partial charge in [-0.2, -0.15) is 0 Å². The molecule has 1 saturated heterocycles. The Kier molecular flexibility index (Phi) is 11.6. The van der Waals surface area contributed by atoms with Gasteiger partial charge in [-0.1, -0.05) is 0 Å². The number of nitrogens with one attached hydrogen (secondary N) is 1. The van der Waals surface area contributed by atoms with Gasteiger partial charge in [0, 0.05) is 29.8 Å². The lowest BCUT2D eigenvalue weighted by Gasteiger charge is -2.21. The van der Waals surface area contributed by atoms with Crippen LogP contribution in [0.5, 0.6) is 28.7 Å². The zero-order chi connectivity index (χ0) is 30.1. The monoisotopic (exact) mass is 602 g/mol. The van der Waals surface area contributed by atoms with Crippen molar-refractivity contribution in [3.63, 3.8) is 0 Å². The molecule has 1 heterocycles. The van der Waals surface area contributed by atoms with Crippen molar-refractivity contribution in [1.29, 1.82) is 0 Å². The van der Waals surface area contributed by atoms with E-state index in [1.807, 2.05) is 24.3 Å². The van der Waals surface area contributed by atoms with Crippen LogP contribution in [-0.4, -0.2) is 58.2 Å². The molecule has 0 amide bonds. The molecule has 0 aromatic heterocycles. The lowest BCUT2D eigenvalue weighted by atomic mass is 10.0. The first-order valence-electron chi connectivity index (χ1n) is 13.7. The van der Waals surface area contributed by atoms with Crippen LogP contribution in [0.15, 0.2) is 53.4 Å². The van der Waals surface area contributed by atoms with Crippen molar-refractivity contribution in [2.45, 2.75) is 42.9 Å². The SMILES string of the molecule is COc1cc([C@H]2CC[C@H](c3cc(OC)c(OC)c(OC)c3)O2)cc(CNN(C)O)c1OCCCSc1ccc(F)cc1. The maximum absolute atomic E-state index is 13.2. The van der Waals surface area contributed by atoms with Gasteiger partial charge in [-0.05, 0) is 78.9 Å². The van der Waals surface area contributed by atoms with Crippen LogP contribution >= 0.6 is 11.8 Å². The van der Waals surface area contributed by atoms with E-state index in [-0.39, 0.29) is 18.0 Å². The van der Waals surface area contributed by atoms with Gasteiger partial charge in [-0.15, -0.1) is 16.9 Å². The summed E-state index contributed by atoms with van der Waals surface area (Å²) in [7, 11) is 7.89. The van der Waals surface area contributed by atoms with Crippen LogP contribution in [0.4, 0.5) is 4.39 Å². The number of halogens is 1. The molecule has 3 aromatic rings. The molecule has 11 heteroatoms. The van der Waals surface area contributed by atoms with Crippen LogP contribution in [0.25, 0.3) is 0 Å². The molecule has 4 rings (SSSR count). The summed E-state index contributed by atoms with van der Waals surface area (Å²) < 4.78 is 48.2. The average Bonchev–Trinajstić information content (AvgIpc) is 3.50. The maximum Gasteiger partial charge on any atom is 0.203 e. The average molecular weight is 603 g/mol. The van der Waals surface area contributed by atoms with E-state index in [9.17, 15) is 9.60 Å². The van der Waals surface area contributed by atoms with Crippen molar-refractivity contribution in [2.75, 3.05) is 47.8 Å². The van der Waals surface area contributed by atoms with E-state index in [0.29, 0.717) is 41.9 Å². The minimum Gasteiger partial charge on any atom is -0.493 e. The molecule has 9 nitrogen and oxygen atoms in total. The van der Waals surface area contributed by atoms with Crippen LogP contribution < -0.4 is 29.1 Å². The molecule has 1 aliphatic heterocycles. The highest BCUT2D eigenvalue weighted by molar-refractivity contribution is 7.99. The maximum atomic E-state index is 13.2. The van der Waals surface area contributed by atoms with Gasteiger partial charge in [-0.3, -0.25) is 5.21 Å². The van der Waals surface area contributed by atoms with Crippen LogP contribution in [0.1, 0.15) is 48.2 Å². The summed E-state index contributed by atoms with van der Waals surface area (Å²) in [6, 6.07) is 14.3. The number of hydroxylamine groups is 1. The van der Waals surface area contributed by atoms with Gasteiger partial charge < -0.3 is 28.4 Å². The topological polar surface area (TPSA) is 90.9 Å². The second kappa shape index (κ2) is 15.3. The summed E-state index contributed by atoms with van der Waals surface area (Å²) in [6.07, 6.45) is 2.06. The fraction of sp³-hybridized carbons (Fsp3) is 0.419. The van der Waals surface area contributed by atoms with Gasteiger partial charge in [0.15, 0.2) is 23.0 Å². The summed E-state index contributed by atoms with van der Waals surface area (Å²) in [5.74, 6) is 3.49. The van der Waals surface area contributed by atoms with Crippen molar-refractivity contribution in [3.05, 3.63) is 71.0 Å². The van der Waals surface area contributed by atoms with Gasteiger partial charge in [0.05, 0.1) is 47.3 Å². The number of rotatable bonds is 15. The Morgan fingerprint density at radius 3 is 2.00 bits per heavy atom. The van der Waals surface area contributed by atoms with Crippen LogP contribution in [0, 0.1) is 5.82 Å². The fourth-order valence-electron chi connectivity index (χ4n) is 4.88. The number of nitrogens with zero attached hydrogens (tertiary/aromatic N) is 1. The van der Waals surface area contributed by atoms with E-state index in [1.165, 1.54) is 19.2 Å². The van der Waals surface area contributed by atoms with E-state index >= 15 is 0 Å². The van der Waals surface area contributed by atoms with Crippen molar-refractivity contribution >= 4 is 11.8 Å². The molecule has 3 aromatic carbocycles. The predicted molar refractivity (Wildman–Crippen MR) is 159 cm³/mol. The molecule has 0 unspecified atom stereocenters. The Bertz CT molecular complexity index is 1280. The molecule has 0 radical (unpaired) electrons. The highest BCUT2D eigenvalue weighted by Crippen LogP contribution is 2.47. The van der Waals surface area contributed by atoms with Gasteiger partial charge >= 0.3 is 0 Å². The molecule has 0 bridgehead atoms. The molecule has 2 atom stereocenters. The fourth-order valence-corrected chi connectivity index (χ4v) is 5.71. The highest BCUT2D eigenvalue weighted by Gasteiger charge is 2.31. The zero-order valence-electron chi connectivity index (χ0n) is 24.6. The molecule has 228 valence electrons. The van der Waals surface area contributed by atoms with Crippen molar-refractivity contribution in [3.8, 4) is 28.7 Å². The Balaban J connectivity index is 1.48. The highest BCUT2D eigenvalue weighted by atomic mass is 32.2. The van der Waals surface area contributed by atoms with Gasteiger partial charge in [0.2, 0.25) is 5.75 Å². The standard InChI is InChI=1S/C31H39FN2O7S/c1-34(35)33-19-22-15-20(16-27(36-2)30(22)40-13-6-14-42-24-9-7-23(32)8-10-24)25-11-12-26(41-25)21-17-28(37-3)31(39-5)29(18-21)38-4/h7-10,15-18,25-26,33,35H,6,11-14,19H2,1-5H3/t25-,26-/m1/s1. The van der Waals surface area contributed by atoms with Crippen LogP contribution in [0.2, 0.25) is 0 Å². The third-order valence-corrected chi connectivity index (χ3v) is 8.04. The lowest BCUT2D eigenvalue weighted by molar-refractivity contribution is -0.114. The lowest BCUT2D eigenvalue weighted by Crippen LogP contribution is -2.30. The molecule has 1 aliphatic rings. The second-order valence-corrected chi connectivity index (χ2v) is 10.9. The van der Waals surface area contributed by atoms with Gasteiger partial charge in [0.25, 0.3) is 0 Å². The molecule has 1 fully saturated rings. The summed E-state index contributed by atoms with van der Waals surface area (Å²) in [6.45, 7) is 0.787. The summed E-state index contributed by atoms with van der Waals surface area (Å²) >= 11 is 1.65.